The molecule has 0 aromatic heterocycles. The van der Waals surface area contributed by atoms with Crippen LogP contribution in [-0.4, -0.2) is 25.1 Å². The molecule has 94 valence electrons. The first-order chi connectivity index (χ1) is 8.05. The Morgan fingerprint density at radius 2 is 2.06 bits per heavy atom. The molecular weight excluding hydrogens is 218 g/mol. The van der Waals surface area contributed by atoms with E-state index in [1.54, 1.807) is 0 Å². The Balaban J connectivity index is 1.71. The van der Waals surface area contributed by atoms with E-state index in [0.717, 1.165) is 11.3 Å². The van der Waals surface area contributed by atoms with Crippen molar-refractivity contribution < 1.29 is 14.2 Å². The number of ether oxygens (including phenoxy) is 3. The Hall–Kier alpha value is -1.10. The van der Waals surface area contributed by atoms with Crippen LogP contribution < -0.4 is 5.73 Å². The standard InChI is InChI=1S/C13H19NO3/c1-13(2)16-9-12(17-13)8-15-7-10-3-5-11(14)6-4-10/h3-6,12H,7-9,14H2,1-2H3/t12-/m0/s1. The number of hydrogen-bond donors (Lipinski definition) is 1. The number of rotatable bonds is 4. The van der Waals surface area contributed by atoms with Gasteiger partial charge in [-0.1, -0.05) is 12.1 Å². The van der Waals surface area contributed by atoms with Gasteiger partial charge in [0.15, 0.2) is 5.79 Å². The van der Waals surface area contributed by atoms with Crippen molar-refractivity contribution in [2.45, 2.75) is 32.3 Å². The number of anilines is 1. The average molecular weight is 237 g/mol. The van der Waals surface area contributed by atoms with Crippen molar-refractivity contribution in [1.82, 2.24) is 0 Å². The Bertz CT molecular complexity index is 361. The van der Waals surface area contributed by atoms with Gasteiger partial charge in [-0.3, -0.25) is 0 Å². The zero-order valence-electron chi connectivity index (χ0n) is 10.3. The number of nitrogen functional groups attached to an aromatic ring is 1. The van der Waals surface area contributed by atoms with E-state index in [0.29, 0.717) is 19.8 Å². The summed E-state index contributed by atoms with van der Waals surface area (Å²) in [5.41, 5.74) is 7.48. The van der Waals surface area contributed by atoms with Gasteiger partial charge < -0.3 is 19.9 Å². The highest BCUT2D eigenvalue weighted by Crippen LogP contribution is 2.22. The Morgan fingerprint density at radius 1 is 1.35 bits per heavy atom. The lowest BCUT2D eigenvalue weighted by molar-refractivity contribution is -0.145. The molecule has 0 saturated carbocycles. The smallest absolute Gasteiger partial charge is 0.163 e. The molecule has 1 aromatic carbocycles. The summed E-state index contributed by atoms with van der Waals surface area (Å²) in [7, 11) is 0. The highest BCUT2D eigenvalue weighted by atomic mass is 16.7. The third-order valence-corrected chi connectivity index (χ3v) is 2.62. The zero-order chi connectivity index (χ0) is 12.3. The lowest BCUT2D eigenvalue weighted by Gasteiger charge is -2.17. The predicted octanol–water partition coefficient (Wildman–Crippen LogP) is 1.94. The summed E-state index contributed by atoms with van der Waals surface area (Å²) in [6.45, 7) is 5.53. The maximum Gasteiger partial charge on any atom is 0.163 e. The van der Waals surface area contributed by atoms with Gasteiger partial charge in [-0.2, -0.15) is 0 Å². The molecule has 0 spiro atoms. The van der Waals surface area contributed by atoms with Crippen LogP contribution in [-0.2, 0) is 20.8 Å². The molecule has 17 heavy (non-hydrogen) atoms. The summed E-state index contributed by atoms with van der Waals surface area (Å²) in [4.78, 5) is 0. The summed E-state index contributed by atoms with van der Waals surface area (Å²) >= 11 is 0. The highest BCUT2D eigenvalue weighted by Gasteiger charge is 2.32. The summed E-state index contributed by atoms with van der Waals surface area (Å²) in [6, 6.07) is 7.67. The van der Waals surface area contributed by atoms with Crippen LogP contribution in [0.2, 0.25) is 0 Å². The number of hydrogen-bond acceptors (Lipinski definition) is 4. The van der Waals surface area contributed by atoms with Crippen molar-refractivity contribution in [3.05, 3.63) is 29.8 Å². The maximum atomic E-state index is 5.64. The fourth-order valence-electron chi connectivity index (χ4n) is 1.77. The number of benzene rings is 1. The van der Waals surface area contributed by atoms with Crippen molar-refractivity contribution in [3.63, 3.8) is 0 Å². The molecule has 0 aliphatic carbocycles. The van der Waals surface area contributed by atoms with Crippen molar-refractivity contribution in [2.75, 3.05) is 18.9 Å². The van der Waals surface area contributed by atoms with Crippen LogP contribution in [0.15, 0.2) is 24.3 Å². The van der Waals surface area contributed by atoms with E-state index in [1.807, 2.05) is 38.1 Å². The fraction of sp³-hybridized carbons (Fsp3) is 0.538. The minimum absolute atomic E-state index is 0.0266. The molecule has 0 unspecified atom stereocenters. The van der Waals surface area contributed by atoms with Crippen LogP contribution in [0.5, 0.6) is 0 Å². The normalized spacial score (nSPS) is 22.8. The second-order valence-electron chi connectivity index (χ2n) is 4.71. The van der Waals surface area contributed by atoms with Crippen molar-refractivity contribution >= 4 is 5.69 Å². The summed E-state index contributed by atoms with van der Waals surface area (Å²) in [5, 5.41) is 0. The summed E-state index contributed by atoms with van der Waals surface area (Å²) < 4.78 is 16.7. The van der Waals surface area contributed by atoms with Crippen LogP contribution in [0.1, 0.15) is 19.4 Å². The first kappa shape index (κ1) is 12.4. The summed E-state index contributed by atoms with van der Waals surface area (Å²) in [6.07, 6.45) is 0.0266. The lowest BCUT2D eigenvalue weighted by Crippen LogP contribution is -2.24. The van der Waals surface area contributed by atoms with Gasteiger partial charge in [-0.25, -0.2) is 0 Å². The van der Waals surface area contributed by atoms with Gasteiger partial charge in [0.25, 0.3) is 0 Å². The molecule has 4 heteroatoms. The molecule has 4 nitrogen and oxygen atoms in total. The molecule has 2 N–H and O–H groups in total. The van der Waals surface area contributed by atoms with Crippen LogP contribution in [0.25, 0.3) is 0 Å². The molecule has 0 amide bonds. The van der Waals surface area contributed by atoms with Crippen molar-refractivity contribution in [2.24, 2.45) is 0 Å². The lowest BCUT2D eigenvalue weighted by atomic mass is 10.2. The first-order valence-electron chi connectivity index (χ1n) is 5.79. The van der Waals surface area contributed by atoms with E-state index in [9.17, 15) is 0 Å². The van der Waals surface area contributed by atoms with E-state index in [1.165, 1.54) is 0 Å². The fourth-order valence-corrected chi connectivity index (χ4v) is 1.77. The van der Waals surface area contributed by atoms with Gasteiger partial charge in [0.2, 0.25) is 0 Å². The van der Waals surface area contributed by atoms with Gasteiger partial charge in [0, 0.05) is 5.69 Å². The van der Waals surface area contributed by atoms with E-state index in [4.69, 9.17) is 19.9 Å². The van der Waals surface area contributed by atoms with E-state index >= 15 is 0 Å². The zero-order valence-corrected chi connectivity index (χ0v) is 10.3. The second-order valence-corrected chi connectivity index (χ2v) is 4.71. The molecule has 1 aromatic rings. The highest BCUT2D eigenvalue weighted by molar-refractivity contribution is 5.39. The second kappa shape index (κ2) is 5.04. The monoisotopic (exact) mass is 237 g/mol. The van der Waals surface area contributed by atoms with Gasteiger partial charge in [-0.05, 0) is 31.5 Å². The molecule has 1 fully saturated rings. The summed E-state index contributed by atoms with van der Waals surface area (Å²) in [5.74, 6) is -0.477. The van der Waals surface area contributed by atoms with E-state index in [2.05, 4.69) is 0 Å². The van der Waals surface area contributed by atoms with Crippen LogP contribution in [0.3, 0.4) is 0 Å². The predicted molar refractivity (Wildman–Crippen MR) is 65.4 cm³/mol. The third-order valence-electron chi connectivity index (χ3n) is 2.62. The molecular formula is C13H19NO3. The largest absolute Gasteiger partial charge is 0.399 e. The van der Waals surface area contributed by atoms with Gasteiger partial charge >= 0.3 is 0 Å². The minimum Gasteiger partial charge on any atom is -0.399 e. The molecule has 2 rings (SSSR count). The third kappa shape index (κ3) is 3.70. The van der Waals surface area contributed by atoms with Gasteiger partial charge in [0.05, 0.1) is 19.8 Å². The van der Waals surface area contributed by atoms with E-state index in [-0.39, 0.29) is 6.10 Å². The topological polar surface area (TPSA) is 53.7 Å². The first-order valence-corrected chi connectivity index (χ1v) is 5.79. The Kier molecular flexibility index (Phi) is 3.66. The maximum absolute atomic E-state index is 5.64. The SMILES string of the molecule is CC1(C)OC[C@H](COCc2ccc(N)cc2)O1. The molecule has 0 bridgehead atoms. The molecule has 0 radical (unpaired) electrons. The minimum atomic E-state index is -0.477. The van der Waals surface area contributed by atoms with Gasteiger partial charge in [0.1, 0.15) is 6.10 Å². The average Bonchev–Trinajstić information content (AvgIpc) is 2.61. The Labute approximate surface area is 102 Å². The Morgan fingerprint density at radius 3 is 2.65 bits per heavy atom. The van der Waals surface area contributed by atoms with Crippen LogP contribution >= 0.6 is 0 Å². The van der Waals surface area contributed by atoms with Crippen LogP contribution in [0, 0.1) is 0 Å². The van der Waals surface area contributed by atoms with Crippen LogP contribution in [0.4, 0.5) is 5.69 Å². The van der Waals surface area contributed by atoms with Crippen molar-refractivity contribution in [3.8, 4) is 0 Å². The molecule has 1 saturated heterocycles. The quantitative estimate of drug-likeness (QED) is 0.813. The van der Waals surface area contributed by atoms with E-state index < -0.39 is 5.79 Å². The molecule has 1 aliphatic heterocycles. The van der Waals surface area contributed by atoms with Crippen molar-refractivity contribution in [1.29, 1.82) is 0 Å². The van der Waals surface area contributed by atoms with Gasteiger partial charge in [-0.15, -0.1) is 0 Å². The molecule has 1 atom stereocenters. The number of nitrogens with two attached hydrogens (primary N) is 1. The molecule has 1 aliphatic rings. The molecule has 1 heterocycles.